The molecule has 3 N–H and O–H groups in total. The lowest BCUT2D eigenvalue weighted by Crippen LogP contribution is -2.48. The van der Waals surface area contributed by atoms with E-state index in [0.717, 1.165) is 42.5 Å². The predicted octanol–water partition coefficient (Wildman–Crippen LogP) is 4.98. The van der Waals surface area contributed by atoms with Crippen molar-refractivity contribution in [3.05, 3.63) is 102 Å². The topological polar surface area (TPSA) is 91.0 Å². The Morgan fingerprint density at radius 3 is 2.21 bits per heavy atom. The van der Waals surface area contributed by atoms with Gasteiger partial charge < -0.3 is 16.0 Å². The van der Waals surface area contributed by atoms with Crippen LogP contribution < -0.4 is 11.1 Å². The van der Waals surface area contributed by atoms with E-state index in [9.17, 15) is 9.59 Å². The third-order valence-electron chi connectivity index (χ3n) is 7.56. The zero-order valence-electron chi connectivity index (χ0n) is 21.8. The van der Waals surface area contributed by atoms with Gasteiger partial charge in [0.05, 0.1) is 0 Å². The SMILES string of the molecule is CCCc1cccc(NC(=O)N2CCC(CN3C(=O)C(c4ccccc4)(c4ccccc4)N=C3N)CC2)c1. The van der Waals surface area contributed by atoms with Crippen molar-refractivity contribution >= 4 is 23.6 Å². The highest BCUT2D eigenvalue weighted by Gasteiger charge is 2.50. The Morgan fingerprint density at radius 2 is 1.61 bits per heavy atom. The van der Waals surface area contributed by atoms with Crippen LogP contribution in [0, 0.1) is 5.92 Å². The molecule has 3 aromatic rings. The summed E-state index contributed by atoms with van der Waals surface area (Å²) in [7, 11) is 0. The first-order valence-corrected chi connectivity index (χ1v) is 13.4. The molecule has 7 nitrogen and oxygen atoms in total. The number of urea groups is 1. The third-order valence-corrected chi connectivity index (χ3v) is 7.56. The Balaban J connectivity index is 1.24. The van der Waals surface area contributed by atoms with E-state index in [1.54, 1.807) is 4.90 Å². The molecule has 7 heteroatoms. The zero-order valence-corrected chi connectivity index (χ0v) is 21.8. The van der Waals surface area contributed by atoms with Crippen molar-refractivity contribution in [3.63, 3.8) is 0 Å². The maximum atomic E-state index is 14.0. The average molecular weight is 510 g/mol. The summed E-state index contributed by atoms with van der Waals surface area (Å²) in [5.41, 5.74) is 8.88. The van der Waals surface area contributed by atoms with Crippen molar-refractivity contribution in [1.29, 1.82) is 0 Å². The molecular weight excluding hydrogens is 474 g/mol. The van der Waals surface area contributed by atoms with E-state index in [2.05, 4.69) is 18.3 Å². The van der Waals surface area contributed by atoms with E-state index >= 15 is 0 Å². The second kappa shape index (κ2) is 11.1. The average Bonchev–Trinajstić information content (AvgIpc) is 3.20. The number of benzene rings is 3. The lowest BCUT2D eigenvalue weighted by Gasteiger charge is -2.34. The molecule has 0 radical (unpaired) electrons. The Kier molecular flexibility index (Phi) is 7.45. The maximum Gasteiger partial charge on any atom is 0.321 e. The van der Waals surface area contributed by atoms with Crippen molar-refractivity contribution in [3.8, 4) is 0 Å². The van der Waals surface area contributed by atoms with E-state index in [0.29, 0.717) is 19.6 Å². The number of carbonyl (C=O) groups excluding carboxylic acids is 2. The van der Waals surface area contributed by atoms with E-state index in [-0.39, 0.29) is 23.8 Å². The molecule has 0 bridgehead atoms. The molecule has 1 fully saturated rings. The van der Waals surface area contributed by atoms with Crippen molar-refractivity contribution in [1.82, 2.24) is 9.80 Å². The molecule has 2 heterocycles. The second-order valence-corrected chi connectivity index (χ2v) is 10.1. The van der Waals surface area contributed by atoms with Gasteiger partial charge in [-0.05, 0) is 54.0 Å². The zero-order chi connectivity index (χ0) is 26.5. The van der Waals surface area contributed by atoms with Crippen LogP contribution in [0.25, 0.3) is 0 Å². The molecule has 38 heavy (non-hydrogen) atoms. The predicted molar refractivity (Wildman–Crippen MR) is 151 cm³/mol. The van der Waals surface area contributed by atoms with Crippen LogP contribution in [0.5, 0.6) is 0 Å². The molecule has 0 atom stereocenters. The molecule has 2 aliphatic heterocycles. The molecule has 0 unspecified atom stereocenters. The first-order chi connectivity index (χ1) is 18.5. The van der Waals surface area contributed by atoms with Crippen molar-refractivity contribution in [2.45, 2.75) is 38.1 Å². The summed E-state index contributed by atoms with van der Waals surface area (Å²) in [6.45, 7) is 3.90. The molecule has 3 aromatic carbocycles. The number of piperidine rings is 1. The summed E-state index contributed by atoms with van der Waals surface area (Å²) in [6, 6.07) is 27.2. The highest BCUT2D eigenvalue weighted by atomic mass is 16.2. The number of hydrogen-bond acceptors (Lipinski definition) is 4. The number of guanidine groups is 1. The first-order valence-electron chi connectivity index (χ1n) is 13.4. The number of nitrogens with zero attached hydrogens (tertiary/aromatic N) is 3. The van der Waals surface area contributed by atoms with E-state index < -0.39 is 5.54 Å². The van der Waals surface area contributed by atoms with Gasteiger partial charge in [0.1, 0.15) is 0 Å². The quantitative estimate of drug-likeness (QED) is 0.470. The Hall–Kier alpha value is -4.13. The minimum absolute atomic E-state index is 0.0809. The number of carbonyl (C=O) groups is 2. The van der Waals surface area contributed by atoms with Gasteiger partial charge in [0.15, 0.2) is 11.5 Å². The highest BCUT2D eigenvalue weighted by Crippen LogP contribution is 2.40. The van der Waals surface area contributed by atoms with Crippen LogP contribution in [0.1, 0.15) is 42.9 Å². The summed E-state index contributed by atoms with van der Waals surface area (Å²) < 4.78 is 0. The fraction of sp³-hybridized carbons (Fsp3) is 0.323. The van der Waals surface area contributed by atoms with Gasteiger partial charge in [0.25, 0.3) is 5.91 Å². The number of anilines is 1. The number of nitrogens with one attached hydrogen (secondary N) is 1. The van der Waals surface area contributed by atoms with Gasteiger partial charge in [-0.25, -0.2) is 9.79 Å². The Labute approximate surface area is 224 Å². The normalized spacial score (nSPS) is 17.4. The number of rotatable bonds is 7. The number of likely N-dealkylation sites (tertiary alicyclic amines) is 1. The molecule has 3 amide bonds. The monoisotopic (exact) mass is 509 g/mol. The summed E-state index contributed by atoms with van der Waals surface area (Å²) in [5, 5.41) is 3.04. The molecular formula is C31H35N5O2. The first kappa shape index (κ1) is 25.5. The fourth-order valence-corrected chi connectivity index (χ4v) is 5.53. The Bertz CT molecular complexity index is 1260. The van der Waals surface area contributed by atoms with Crippen LogP contribution in [0.4, 0.5) is 10.5 Å². The lowest BCUT2D eigenvalue weighted by atomic mass is 9.82. The van der Waals surface area contributed by atoms with Crippen molar-refractivity contribution < 1.29 is 9.59 Å². The smallest absolute Gasteiger partial charge is 0.321 e. The number of hydrogen-bond donors (Lipinski definition) is 2. The van der Waals surface area contributed by atoms with Crippen LogP contribution in [0.15, 0.2) is 89.9 Å². The summed E-state index contributed by atoms with van der Waals surface area (Å²) in [5.74, 6) is 0.348. The van der Waals surface area contributed by atoms with Gasteiger partial charge in [-0.3, -0.25) is 9.69 Å². The van der Waals surface area contributed by atoms with Crippen LogP contribution >= 0.6 is 0 Å². The molecule has 5 rings (SSSR count). The summed E-state index contributed by atoms with van der Waals surface area (Å²) in [6.07, 6.45) is 3.65. The highest BCUT2D eigenvalue weighted by molar-refractivity contribution is 6.09. The van der Waals surface area contributed by atoms with Crippen LogP contribution in [-0.2, 0) is 16.8 Å². The Morgan fingerprint density at radius 1 is 0.974 bits per heavy atom. The largest absolute Gasteiger partial charge is 0.369 e. The van der Waals surface area contributed by atoms with E-state index in [4.69, 9.17) is 10.7 Å². The van der Waals surface area contributed by atoms with Crippen molar-refractivity contribution in [2.75, 3.05) is 25.0 Å². The van der Waals surface area contributed by atoms with Gasteiger partial charge in [-0.15, -0.1) is 0 Å². The second-order valence-electron chi connectivity index (χ2n) is 10.1. The molecule has 2 aliphatic rings. The fourth-order valence-electron chi connectivity index (χ4n) is 5.53. The minimum Gasteiger partial charge on any atom is -0.369 e. The van der Waals surface area contributed by atoms with Crippen LogP contribution in [0.3, 0.4) is 0 Å². The third kappa shape index (κ3) is 5.01. The van der Waals surface area contributed by atoms with Crippen LogP contribution in [-0.4, -0.2) is 47.3 Å². The maximum absolute atomic E-state index is 14.0. The van der Waals surface area contributed by atoms with Crippen molar-refractivity contribution in [2.24, 2.45) is 16.6 Å². The standard InChI is InChI=1S/C31H35N5O2/c1-2-10-23-11-9-16-27(21-23)33-30(38)35-19-17-24(18-20-35)22-36-28(37)31(34-29(36)32,25-12-5-3-6-13-25)26-14-7-4-8-15-26/h3-9,11-16,21,24H,2,10,17-20,22H2,1H3,(H2,32,34)(H,33,38). The van der Waals surface area contributed by atoms with Gasteiger partial charge in [0, 0.05) is 25.3 Å². The number of nitrogens with two attached hydrogens (primary N) is 1. The minimum atomic E-state index is -1.18. The molecule has 0 aliphatic carbocycles. The number of amides is 3. The number of aryl methyl sites for hydroxylation is 1. The van der Waals surface area contributed by atoms with Gasteiger partial charge in [-0.2, -0.15) is 0 Å². The molecule has 0 saturated carbocycles. The molecule has 196 valence electrons. The van der Waals surface area contributed by atoms with Gasteiger partial charge >= 0.3 is 6.03 Å². The van der Waals surface area contributed by atoms with Gasteiger partial charge in [-0.1, -0.05) is 86.1 Å². The number of aliphatic imine (C=N–C) groups is 1. The van der Waals surface area contributed by atoms with E-state index in [1.807, 2.05) is 83.8 Å². The molecule has 0 spiro atoms. The molecule has 1 saturated heterocycles. The van der Waals surface area contributed by atoms with Crippen LogP contribution in [0.2, 0.25) is 0 Å². The summed E-state index contributed by atoms with van der Waals surface area (Å²) in [4.78, 5) is 35.2. The van der Waals surface area contributed by atoms with Gasteiger partial charge in [0.2, 0.25) is 0 Å². The molecule has 0 aromatic heterocycles. The summed E-state index contributed by atoms with van der Waals surface area (Å²) >= 11 is 0. The lowest BCUT2D eigenvalue weighted by molar-refractivity contribution is -0.130. The van der Waals surface area contributed by atoms with E-state index in [1.165, 1.54) is 5.56 Å².